The average Bonchev–Trinajstić information content (AvgIpc) is 3.21. The third-order valence-electron chi connectivity index (χ3n) is 7.61. The van der Waals surface area contributed by atoms with Gasteiger partial charge in [-0.05, 0) is 53.9 Å². The maximum Gasteiger partial charge on any atom is 0.264 e. The summed E-state index contributed by atoms with van der Waals surface area (Å²) in [4.78, 5) is 30.5. The summed E-state index contributed by atoms with van der Waals surface area (Å²) in [6.45, 7) is 7.69. The zero-order chi connectivity index (χ0) is 26.4. The van der Waals surface area contributed by atoms with Crippen molar-refractivity contribution in [1.82, 2.24) is 4.90 Å². The van der Waals surface area contributed by atoms with E-state index in [1.54, 1.807) is 30.7 Å². The van der Waals surface area contributed by atoms with Gasteiger partial charge in [-0.15, -0.1) is 0 Å². The van der Waals surface area contributed by atoms with Gasteiger partial charge >= 0.3 is 0 Å². The highest BCUT2D eigenvalue weighted by Crippen LogP contribution is 2.58. The average molecular weight is 560 g/mol. The van der Waals surface area contributed by atoms with E-state index >= 15 is 0 Å². The first kappa shape index (κ1) is 26.8. The quantitative estimate of drug-likeness (QED) is 0.540. The molecule has 2 aromatic rings. The Morgan fingerprint density at radius 3 is 2.53 bits per heavy atom. The van der Waals surface area contributed by atoms with Crippen LogP contribution in [0.3, 0.4) is 0 Å². The van der Waals surface area contributed by atoms with Gasteiger partial charge in [0.15, 0.2) is 5.60 Å². The number of aryl methyl sites for hydroxylation is 1. The smallest absolute Gasteiger partial charge is 0.264 e. The molecule has 7 nitrogen and oxygen atoms in total. The number of likely N-dealkylation sites (N-methyl/N-ethyl adjacent to an activating group) is 1. The second-order valence-electron chi connectivity index (χ2n) is 10.6. The first-order chi connectivity index (χ1) is 16.9. The molecule has 0 aromatic heterocycles. The summed E-state index contributed by atoms with van der Waals surface area (Å²) in [5, 5.41) is 20.8. The number of aliphatic hydroxyl groups excluding tert-OH is 1. The Labute approximate surface area is 221 Å². The first-order valence-electron chi connectivity index (χ1n) is 12.3. The van der Waals surface area contributed by atoms with Crippen molar-refractivity contribution in [2.75, 3.05) is 25.1 Å². The van der Waals surface area contributed by atoms with Crippen molar-refractivity contribution < 1.29 is 24.5 Å². The summed E-state index contributed by atoms with van der Waals surface area (Å²) >= 11 is 3.61. The molecule has 0 radical (unpaired) electrons. The number of ether oxygens (including phenoxy) is 1. The number of hydrogen-bond acceptors (Lipinski definition) is 5. The van der Waals surface area contributed by atoms with Crippen LogP contribution in [0, 0.1) is 18.8 Å². The molecule has 1 fully saturated rings. The molecule has 2 aliphatic rings. The van der Waals surface area contributed by atoms with E-state index in [0.717, 1.165) is 26.9 Å². The van der Waals surface area contributed by atoms with Gasteiger partial charge in [0.05, 0.1) is 30.4 Å². The second-order valence-corrected chi connectivity index (χ2v) is 11.5. The molecule has 4 atom stereocenters. The molecule has 0 aliphatic carbocycles. The summed E-state index contributed by atoms with van der Waals surface area (Å²) in [5.74, 6) is -1.25. The molecule has 194 valence electrons. The summed E-state index contributed by atoms with van der Waals surface area (Å²) in [7, 11) is 1.73. The number of anilines is 1. The minimum absolute atomic E-state index is 0.00705. The van der Waals surface area contributed by atoms with Crippen LogP contribution in [0.25, 0.3) is 0 Å². The Bertz CT molecular complexity index is 1150. The van der Waals surface area contributed by atoms with Crippen LogP contribution in [0.1, 0.15) is 43.9 Å². The van der Waals surface area contributed by atoms with Crippen molar-refractivity contribution in [1.29, 1.82) is 0 Å². The molecule has 36 heavy (non-hydrogen) atoms. The minimum Gasteiger partial charge on any atom is -0.395 e. The minimum atomic E-state index is -1.30. The number of nitrogens with zero attached hydrogens (tertiary/aromatic N) is 2. The number of fused-ring (bicyclic) bond motifs is 2. The van der Waals surface area contributed by atoms with Crippen molar-refractivity contribution in [3.8, 4) is 0 Å². The summed E-state index contributed by atoms with van der Waals surface area (Å²) < 4.78 is 7.45. The van der Waals surface area contributed by atoms with E-state index in [2.05, 4.69) is 15.9 Å². The highest BCUT2D eigenvalue weighted by Gasteiger charge is 2.65. The second kappa shape index (κ2) is 9.89. The number of amides is 2. The number of carbonyl (C=O) groups excluding carboxylic acids is 2. The molecule has 2 amide bonds. The number of aliphatic hydroxyl groups is 2. The van der Waals surface area contributed by atoms with E-state index in [1.165, 1.54) is 0 Å². The molecule has 2 heterocycles. The van der Waals surface area contributed by atoms with Crippen molar-refractivity contribution in [3.05, 3.63) is 63.6 Å². The zero-order valence-corrected chi connectivity index (χ0v) is 23.1. The van der Waals surface area contributed by atoms with Gasteiger partial charge in [0.2, 0.25) is 5.91 Å². The maximum atomic E-state index is 13.8. The Hall–Kier alpha value is -2.26. The van der Waals surface area contributed by atoms with Gasteiger partial charge in [0.1, 0.15) is 0 Å². The number of hydrogen-bond donors (Lipinski definition) is 2. The van der Waals surface area contributed by atoms with Gasteiger partial charge in [0.25, 0.3) is 5.91 Å². The predicted octanol–water partition coefficient (Wildman–Crippen LogP) is 3.76. The first-order valence-corrected chi connectivity index (χ1v) is 13.1. The summed E-state index contributed by atoms with van der Waals surface area (Å²) in [5.41, 5.74) is 0.959. The van der Waals surface area contributed by atoms with Gasteiger partial charge in [-0.25, -0.2) is 0 Å². The molecule has 0 saturated carbocycles. The van der Waals surface area contributed by atoms with E-state index in [9.17, 15) is 19.8 Å². The highest BCUT2D eigenvalue weighted by atomic mass is 79.9. The molecule has 1 saturated heterocycles. The standard InChI is InChI=1S/C28H35BrN2O5/c1-17-13-20-25(21(29)14-17)30(5)26(34)28(20)18(2)24(27(3,4)35)22(36-28)15-23(33)31(11-12-32)16-19-9-7-6-8-10-19/h6-10,13-14,18,22,24,32,35H,11-12,15-16H2,1-5H3/t18-,22+,24-,28+/m0/s1. The number of rotatable bonds is 7. The number of halogens is 1. The van der Waals surface area contributed by atoms with Crippen LogP contribution in [-0.2, 0) is 26.5 Å². The Balaban J connectivity index is 1.71. The predicted molar refractivity (Wildman–Crippen MR) is 141 cm³/mol. The molecule has 2 aliphatic heterocycles. The number of carbonyl (C=O) groups is 2. The molecular formula is C28H35BrN2O5. The van der Waals surface area contributed by atoms with Crippen LogP contribution in [-0.4, -0.2) is 58.8 Å². The highest BCUT2D eigenvalue weighted by molar-refractivity contribution is 9.10. The van der Waals surface area contributed by atoms with Gasteiger partial charge in [-0.1, -0.05) is 43.3 Å². The topological polar surface area (TPSA) is 90.3 Å². The van der Waals surface area contributed by atoms with Crippen molar-refractivity contribution in [2.24, 2.45) is 11.8 Å². The molecule has 0 unspecified atom stereocenters. The molecule has 8 heteroatoms. The van der Waals surface area contributed by atoms with Crippen molar-refractivity contribution in [2.45, 2.75) is 58.0 Å². The number of benzene rings is 2. The molecule has 1 spiro atoms. The summed E-state index contributed by atoms with van der Waals surface area (Å²) in [6, 6.07) is 13.5. The Kier molecular flexibility index (Phi) is 7.36. The van der Waals surface area contributed by atoms with E-state index in [4.69, 9.17) is 4.74 Å². The largest absolute Gasteiger partial charge is 0.395 e. The van der Waals surface area contributed by atoms with Gasteiger partial charge in [0, 0.05) is 42.0 Å². The van der Waals surface area contributed by atoms with E-state index < -0.39 is 23.2 Å². The monoisotopic (exact) mass is 558 g/mol. The molecular weight excluding hydrogens is 524 g/mol. The van der Waals surface area contributed by atoms with Gasteiger partial charge < -0.3 is 24.7 Å². The van der Waals surface area contributed by atoms with Gasteiger partial charge in [-0.3, -0.25) is 9.59 Å². The lowest BCUT2D eigenvalue weighted by molar-refractivity contribution is -0.150. The fourth-order valence-corrected chi connectivity index (χ4v) is 6.97. The van der Waals surface area contributed by atoms with Crippen LogP contribution in [0.4, 0.5) is 5.69 Å². The lowest BCUT2D eigenvalue weighted by Gasteiger charge is -2.34. The molecule has 0 bridgehead atoms. The van der Waals surface area contributed by atoms with Crippen LogP contribution in [0.15, 0.2) is 46.9 Å². The maximum absolute atomic E-state index is 13.8. The van der Waals surface area contributed by atoms with Gasteiger partial charge in [-0.2, -0.15) is 0 Å². The SMILES string of the molecule is Cc1cc(Br)c2c(c1)[C@@]1(O[C@H](CC(=O)N(CCO)Cc3ccccc3)[C@@H](C(C)(C)O)[C@@H]1C)C(=O)N2C. The third-order valence-corrected chi connectivity index (χ3v) is 8.22. The normalized spacial score (nSPS) is 25.5. The third kappa shape index (κ3) is 4.49. The van der Waals surface area contributed by atoms with E-state index in [-0.39, 0.29) is 37.3 Å². The molecule has 2 N–H and O–H groups in total. The summed E-state index contributed by atoms with van der Waals surface area (Å²) in [6.07, 6.45) is -0.695. The van der Waals surface area contributed by atoms with Crippen molar-refractivity contribution in [3.63, 3.8) is 0 Å². The lowest BCUT2D eigenvalue weighted by atomic mass is 9.70. The van der Waals surface area contributed by atoms with Crippen LogP contribution in [0.2, 0.25) is 0 Å². The lowest BCUT2D eigenvalue weighted by Crippen LogP contribution is -2.46. The Morgan fingerprint density at radius 2 is 1.92 bits per heavy atom. The van der Waals surface area contributed by atoms with E-state index in [0.29, 0.717) is 6.54 Å². The fourth-order valence-electron chi connectivity index (χ4n) is 6.13. The van der Waals surface area contributed by atoms with Crippen molar-refractivity contribution >= 4 is 33.4 Å². The van der Waals surface area contributed by atoms with Crippen LogP contribution >= 0.6 is 15.9 Å². The van der Waals surface area contributed by atoms with Crippen LogP contribution in [0.5, 0.6) is 0 Å². The molecule has 4 rings (SSSR count). The fraction of sp³-hybridized carbons (Fsp3) is 0.500. The molecule has 2 aromatic carbocycles. The Morgan fingerprint density at radius 1 is 1.25 bits per heavy atom. The van der Waals surface area contributed by atoms with Crippen LogP contribution < -0.4 is 4.90 Å². The van der Waals surface area contributed by atoms with E-state index in [1.807, 2.05) is 56.3 Å². The zero-order valence-electron chi connectivity index (χ0n) is 21.5.